The van der Waals surface area contributed by atoms with Crippen LogP contribution in [-0.4, -0.2) is 17.2 Å². The minimum absolute atomic E-state index is 0.0930. The minimum atomic E-state index is -1.81. The van der Waals surface area contributed by atoms with Gasteiger partial charge in [-0.15, -0.1) is 0 Å². The van der Waals surface area contributed by atoms with E-state index in [2.05, 4.69) is 10.9 Å². The second kappa shape index (κ2) is 8.41. The SMILES string of the molecule is NC(O)NNC=C1C(=O)C=Cc2ccccc21.[O]=[V]=[O]. The summed E-state index contributed by atoms with van der Waals surface area (Å²) in [7, 11) is 0. The molecule has 0 amide bonds. The van der Waals surface area contributed by atoms with Crippen molar-refractivity contribution in [3.63, 3.8) is 0 Å². The van der Waals surface area contributed by atoms with Gasteiger partial charge in [0.05, 0.1) is 0 Å². The number of hydrogen-bond acceptors (Lipinski definition) is 7. The van der Waals surface area contributed by atoms with E-state index in [0.717, 1.165) is 11.1 Å². The number of nitrogens with two attached hydrogens (primary N) is 1. The molecule has 1 aliphatic carbocycles. The van der Waals surface area contributed by atoms with Gasteiger partial charge in [-0.2, -0.15) is 5.43 Å². The zero-order valence-electron chi connectivity index (χ0n) is 10.3. The van der Waals surface area contributed by atoms with Crippen LogP contribution < -0.4 is 16.6 Å². The van der Waals surface area contributed by atoms with E-state index in [9.17, 15) is 4.79 Å². The summed E-state index contributed by atoms with van der Waals surface area (Å²) in [5.41, 5.74) is 12.4. The Kier molecular flexibility index (Phi) is 6.85. The molecular weight excluding hydrogens is 301 g/mol. The van der Waals surface area contributed by atoms with E-state index >= 15 is 0 Å². The Bertz CT molecular complexity index is 578. The second-order valence-corrected chi connectivity index (χ2v) is 3.88. The van der Waals surface area contributed by atoms with Gasteiger partial charge in [-0.25, -0.2) is 0 Å². The van der Waals surface area contributed by atoms with Crippen molar-refractivity contribution in [2.24, 2.45) is 5.73 Å². The van der Waals surface area contributed by atoms with Crippen LogP contribution in [-0.2, 0) is 28.3 Å². The summed E-state index contributed by atoms with van der Waals surface area (Å²) in [6.07, 6.45) is 3.59. The van der Waals surface area contributed by atoms with Crippen LogP contribution in [0.3, 0.4) is 0 Å². The van der Waals surface area contributed by atoms with Crippen LogP contribution in [0.25, 0.3) is 11.6 Å². The first kappa shape index (κ1) is 16.3. The molecule has 0 saturated carbocycles. The molecule has 7 nitrogen and oxygen atoms in total. The Morgan fingerprint density at radius 2 is 1.90 bits per heavy atom. The monoisotopic (exact) mass is 314 g/mol. The molecule has 5 N–H and O–H groups in total. The molecule has 105 valence electrons. The third-order valence-electron chi connectivity index (χ3n) is 2.38. The first-order valence-corrected chi connectivity index (χ1v) is 6.66. The zero-order valence-corrected chi connectivity index (χ0v) is 11.7. The molecule has 1 atom stereocenters. The summed E-state index contributed by atoms with van der Waals surface area (Å²) < 4.78 is 16.9. The van der Waals surface area contributed by atoms with Crippen molar-refractivity contribution >= 4 is 17.4 Å². The summed E-state index contributed by atoms with van der Waals surface area (Å²) in [6.45, 7) is 0. The third-order valence-corrected chi connectivity index (χ3v) is 2.38. The van der Waals surface area contributed by atoms with Gasteiger partial charge in [0.25, 0.3) is 0 Å². The average molecular weight is 314 g/mol. The summed E-state index contributed by atoms with van der Waals surface area (Å²) in [6, 6.07) is 7.57. The molecule has 8 heteroatoms. The van der Waals surface area contributed by atoms with E-state index in [-0.39, 0.29) is 5.78 Å². The van der Waals surface area contributed by atoms with Crippen LogP contribution in [0.4, 0.5) is 0 Å². The first-order valence-electron chi connectivity index (χ1n) is 5.51. The first-order chi connectivity index (χ1) is 9.60. The molecule has 1 aromatic rings. The van der Waals surface area contributed by atoms with Crippen molar-refractivity contribution in [1.82, 2.24) is 10.9 Å². The Balaban J connectivity index is 0.000000612. The normalized spacial score (nSPS) is 15.7. The number of ketones is 1. The van der Waals surface area contributed by atoms with Gasteiger partial charge in [0.15, 0.2) is 12.1 Å². The molecule has 0 bridgehead atoms. The van der Waals surface area contributed by atoms with Crippen molar-refractivity contribution in [2.45, 2.75) is 6.35 Å². The Morgan fingerprint density at radius 1 is 1.25 bits per heavy atom. The van der Waals surface area contributed by atoms with Crippen LogP contribution in [0.15, 0.2) is 36.5 Å². The quantitative estimate of drug-likeness (QED) is 0.344. The predicted molar refractivity (Wildman–Crippen MR) is 66.3 cm³/mol. The van der Waals surface area contributed by atoms with E-state index < -0.39 is 22.5 Å². The van der Waals surface area contributed by atoms with E-state index in [0.29, 0.717) is 5.57 Å². The second-order valence-electron chi connectivity index (χ2n) is 3.65. The summed E-state index contributed by atoms with van der Waals surface area (Å²) in [4.78, 5) is 11.7. The van der Waals surface area contributed by atoms with Crippen molar-refractivity contribution in [3.05, 3.63) is 47.7 Å². The topological polar surface area (TPSA) is 122 Å². The fourth-order valence-corrected chi connectivity index (χ4v) is 1.62. The van der Waals surface area contributed by atoms with Gasteiger partial charge in [0.2, 0.25) is 0 Å². The zero-order chi connectivity index (χ0) is 15.0. The number of benzene rings is 1. The maximum atomic E-state index is 11.7. The number of allylic oxidation sites excluding steroid dienone is 2. The molecule has 0 radical (unpaired) electrons. The number of carbonyl (C=O) groups is 1. The maximum absolute atomic E-state index is 11.7. The van der Waals surface area contributed by atoms with Gasteiger partial charge in [0, 0.05) is 11.8 Å². The van der Waals surface area contributed by atoms with Crippen molar-refractivity contribution in [1.29, 1.82) is 0 Å². The standard InChI is InChI=1S/C12H13N3O2.2O.V/c13-12(17)15-14-7-10-9-4-2-1-3-8(9)5-6-11(10)16;;;/h1-7,12,14-15,17H,13H2;;;. The fraction of sp³-hybridized carbons (Fsp3) is 0.0833. The number of rotatable bonds is 3. The Labute approximate surface area is 122 Å². The summed E-state index contributed by atoms with van der Waals surface area (Å²) in [5.74, 6) is -0.0930. The Morgan fingerprint density at radius 3 is 2.55 bits per heavy atom. The van der Waals surface area contributed by atoms with Gasteiger partial charge in [-0.3, -0.25) is 10.5 Å². The molecule has 2 rings (SSSR count). The summed E-state index contributed by atoms with van der Waals surface area (Å²) >= 11 is -1.81. The summed E-state index contributed by atoms with van der Waals surface area (Å²) in [5, 5.41) is 8.82. The van der Waals surface area contributed by atoms with Crippen molar-refractivity contribution in [2.75, 3.05) is 0 Å². The van der Waals surface area contributed by atoms with E-state index in [1.807, 2.05) is 24.3 Å². The van der Waals surface area contributed by atoms with Crippen LogP contribution in [0, 0.1) is 0 Å². The molecule has 0 spiro atoms. The molecule has 20 heavy (non-hydrogen) atoms. The van der Waals surface area contributed by atoms with Crippen LogP contribution in [0.5, 0.6) is 0 Å². The molecule has 1 unspecified atom stereocenters. The number of fused-ring (bicyclic) bond motifs is 1. The number of aliphatic hydroxyl groups is 1. The van der Waals surface area contributed by atoms with Crippen LogP contribution >= 0.6 is 0 Å². The van der Waals surface area contributed by atoms with Gasteiger partial charge < -0.3 is 10.5 Å². The number of nitrogens with one attached hydrogen (secondary N) is 2. The molecule has 0 heterocycles. The Hall–Kier alpha value is -1.77. The third kappa shape index (κ3) is 4.73. The predicted octanol–water partition coefficient (Wildman–Crippen LogP) is -0.288. The van der Waals surface area contributed by atoms with Gasteiger partial charge in [0.1, 0.15) is 0 Å². The van der Waals surface area contributed by atoms with E-state index in [4.69, 9.17) is 18.2 Å². The number of hydrazine groups is 1. The number of aliphatic hydroxyl groups excluding tert-OH is 1. The van der Waals surface area contributed by atoms with Crippen LogP contribution in [0.2, 0.25) is 0 Å². The van der Waals surface area contributed by atoms with Crippen molar-refractivity contribution < 1.29 is 33.4 Å². The molecule has 0 fully saturated rings. The fourth-order valence-electron chi connectivity index (χ4n) is 1.62. The van der Waals surface area contributed by atoms with Crippen LogP contribution in [0.1, 0.15) is 11.1 Å². The average Bonchev–Trinajstić information content (AvgIpc) is 2.42. The van der Waals surface area contributed by atoms with E-state index in [1.54, 1.807) is 6.08 Å². The molecule has 0 aliphatic heterocycles. The number of hydrogen-bond donors (Lipinski definition) is 4. The molecule has 0 aromatic heterocycles. The molecule has 1 aliphatic rings. The van der Waals surface area contributed by atoms with Crippen molar-refractivity contribution in [3.8, 4) is 0 Å². The van der Waals surface area contributed by atoms with E-state index in [1.165, 1.54) is 12.3 Å². The van der Waals surface area contributed by atoms with Gasteiger partial charge >= 0.3 is 23.5 Å². The molecular formula is C12H13N3O4V. The van der Waals surface area contributed by atoms with Gasteiger partial charge in [-0.1, -0.05) is 30.3 Å². The molecule has 0 saturated heterocycles. The molecule has 1 aromatic carbocycles. The number of carbonyl (C=O) groups excluding carboxylic acids is 1. The van der Waals surface area contributed by atoms with Gasteiger partial charge in [-0.05, 0) is 17.2 Å².